The Morgan fingerprint density at radius 1 is 1.07 bits per heavy atom. The molecule has 11 heteroatoms. The lowest BCUT2D eigenvalue weighted by molar-refractivity contribution is -0.138. The number of carbonyl (C=O) groups is 2. The topological polar surface area (TPSA) is 111 Å². The van der Waals surface area contributed by atoms with E-state index in [1.165, 1.54) is 41.0 Å². The summed E-state index contributed by atoms with van der Waals surface area (Å²) in [6.07, 6.45) is 1.57. The predicted molar refractivity (Wildman–Crippen MR) is 164 cm³/mol. The van der Waals surface area contributed by atoms with Gasteiger partial charge in [-0.15, -0.1) is 0 Å². The fourth-order valence-electron chi connectivity index (χ4n) is 4.96. The van der Waals surface area contributed by atoms with E-state index in [2.05, 4.69) is 0 Å². The van der Waals surface area contributed by atoms with Gasteiger partial charge in [-0.2, -0.15) is 0 Å². The van der Waals surface area contributed by atoms with Crippen LogP contribution in [0.4, 0.5) is 4.39 Å². The van der Waals surface area contributed by atoms with Gasteiger partial charge in [0, 0.05) is 17.2 Å². The fraction of sp³-hybridized carbons (Fsp3) is 0.0909. The van der Waals surface area contributed by atoms with E-state index >= 15 is 0 Å². The Balaban J connectivity index is 1.52. The minimum atomic E-state index is -1.14. The van der Waals surface area contributed by atoms with Crippen molar-refractivity contribution in [1.82, 2.24) is 4.57 Å². The first kappa shape index (κ1) is 29.0. The van der Waals surface area contributed by atoms with Gasteiger partial charge in [0.1, 0.15) is 17.3 Å². The van der Waals surface area contributed by atoms with Crippen LogP contribution in [0.25, 0.3) is 23.1 Å². The highest BCUT2D eigenvalue weighted by Crippen LogP contribution is 2.35. The van der Waals surface area contributed by atoms with Crippen LogP contribution in [0.3, 0.4) is 0 Å². The summed E-state index contributed by atoms with van der Waals surface area (Å²) in [7, 11) is 0. The standard InChI is InChI=1S/C33H22ClFN2O6S/c1-2-42-32(41)27-28(18-6-4-3-5-7-18)36-33-37(29(27)19-8-11-21(35)12-9-19)30(38)26(44-33)17-22-13-15-25(43-22)20-10-14-23(31(39)40)24(34)16-20/h3-17,29H,2H2,1H3,(H,39,40)/b26-17-/t29-/m0/s1. The molecular formula is C33H22ClFN2O6S. The van der Waals surface area contributed by atoms with Crippen molar-refractivity contribution >= 4 is 46.6 Å². The Morgan fingerprint density at radius 2 is 1.82 bits per heavy atom. The molecule has 1 aliphatic heterocycles. The number of rotatable bonds is 7. The van der Waals surface area contributed by atoms with Crippen LogP contribution in [-0.4, -0.2) is 28.2 Å². The summed E-state index contributed by atoms with van der Waals surface area (Å²) in [6, 6.07) is 21.6. The molecule has 44 heavy (non-hydrogen) atoms. The van der Waals surface area contributed by atoms with Crippen LogP contribution in [0.1, 0.15) is 40.2 Å². The van der Waals surface area contributed by atoms with Crippen molar-refractivity contribution in [1.29, 1.82) is 0 Å². The van der Waals surface area contributed by atoms with Crippen molar-refractivity contribution in [2.45, 2.75) is 13.0 Å². The Morgan fingerprint density at radius 3 is 2.50 bits per heavy atom. The molecule has 6 rings (SSSR count). The molecule has 5 aromatic rings. The minimum Gasteiger partial charge on any atom is -0.478 e. The molecule has 1 N–H and O–H groups in total. The third-order valence-corrected chi connectivity index (χ3v) is 8.24. The lowest BCUT2D eigenvalue weighted by Crippen LogP contribution is -2.40. The van der Waals surface area contributed by atoms with Gasteiger partial charge in [0.15, 0.2) is 4.80 Å². The molecule has 0 radical (unpaired) electrons. The summed E-state index contributed by atoms with van der Waals surface area (Å²) in [5.74, 6) is -1.46. The number of ether oxygens (including phenoxy) is 1. The summed E-state index contributed by atoms with van der Waals surface area (Å²) < 4.78 is 27.1. The van der Waals surface area contributed by atoms with E-state index in [-0.39, 0.29) is 27.3 Å². The van der Waals surface area contributed by atoms with Crippen LogP contribution >= 0.6 is 22.9 Å². The Kier molecular flexibility index (Phi) is 7.86. The zero-order chi connectivity index (χ0) is 31.0. The van der Waals surface area contributed by atoms with E-state index in [1.807, 2.05) is 30.3 Å². The molecule has 2 aromatic heterocycles. The number of aromatic carboxylic acids is 1. The highest BCUT2D eigenvalue weighted by Gasteiger charge is 2.35. The number of nitrogens with zero attached hydrogens (tertiary/aromatic N) is 2. The van der Waals surface area contributed by atoms with E-state index in [0.717, 1.165) is 11.3 Å². The lowest BCUT2D eigenvalue weighted by Gasteiger charge is -2.25. The monoisotopic (exact) mass is 628 g/mol. The Hall–Kier alpha value is -5.06. The maximum atomic E-state index is 14.0. The quantitative estimate of drug-likeness (QED) is 0.232. The number of halogens is 2. The van der Waals surface area contributed by atoms with Crippen molar-refractivity contribution in [3.63, 3.8) is 0 Å². The predicted octanol–water partition coefficient (Wildman–Crippen LogP) is 5.69. The molecule has 0 unspecified atom stereocenters. The van der Waals surface area contributed by atoms with Gasteiger partial charge in [-0.3, -0.25) is 9.36 Å². The van der Waals surface area contributed by atoms with Gasteiger partial charge in [0.2, 0.25) is 0 Å². The van der Waals surface area contributed by atoms with Gasteiger partial charge in [0.25, 0.3) is 5.56 Å². The summed E-state index contributed by atoms with van der Waals surface area (Å²) in [5, 5.41) is 9.32. The number of furan rings is 1. The number of carboxylic acids is 1. The number of hydrogen-bond donors (Lipinski definition) is 1. The zero-order valence-corrected chi connectivity index (χ0v) is 24.6. The van der Waals surface area contributed by atoms with Crippen LogP contribution in [0.5, 0.6) is 0 Å². The number of carbonyl (C=O) groups excluding carboxylic acids is 1. The van der Waals surface area contributed by atoms with E-state index in [9.17, 15) is 23.9 Å². The van der Waals surface area contributed by atoms with Gasteiger partial charge in [-0.05, 0) is 48.9 Å². The molecule has 1 atom stereocenters. The van der Waals surface area contributed by atoms with E-state index in [4.69, 9.17) is 25.7 Å². The average Bonchev–Trinajstić information content (AvgIpc) is 3.61. The smallest absolute Gasteiger partial charge is 0.338 e. The van der Waals surface area contributed by atoms with E-state index in [0.29, 0.717) is 38.7 Å². The highest BCUT2D eigenvalue weighted by atomic mass is 35.5. The van der Waals surface area contributed by atoms with Crippen molar-refractivity contribution < 1.29 is 28.2 Å². The van der Waals surface area contributed by atoms with Gasteiger partial charge in [-0.25, -0.2) is 19.0 Å². The molecule has 3 aromatic carbocycles. The summed E-state index contributed by atoms with van der Waals surface area (Å²) in [5.41, 5.74) is 1.78. The van der Waals surface area contributed by atoms with Crippen LogP contribution < -0.4 is 14.9 Å². The van der Waals surface area contributed by atoms with Gasteiger partial charge in [0.05, 0.1) is 39.0 Å². The molecule has 0 spiro atoms. The average molecular weight is 629 g/mol. The molecule has 0 bridgehead atoms. The van der Waals surface area contributed by atoms with Gasteiger partial charge >= 0.3 is 11.9 Å². The molecule has 3 heterocycles. The van der Waals surface area contributed by atoms with Crippen LogP contribution in [0, 0.1) is 5.82 Å². The number of benzene rings is 3. The number of carboxylic acid groups (broad SMARTS) is 1. The normalized spacial score (nSPS) is 14.7. The van der Waals surface area contributed by atoms with Crippen molar-refractivity contribution in [2.75, 3.05) is 6.61 Å². The van der Waals surface area contributed by atoms with E-state index in [1.54, 1.807) is 31.2 Å². The number of esters is 1. The number of aromatic nitrogens is 1. The van der Waals surface area contributed by atoms with E-state index < -0.39 is 29.4 Å². The third-order valence-electron chi connectivity index (χ3n) is 6.94. The highest BCUT2D eigenvalue weighted by molar-refractivity contribution is 7.07. The molecule has 0 aliphatic carbocycles. The third kappa shape index (κ3) is 5.41. The molecule has 0 saturated heterocycles. The summed E-state index contributed by atoms with van der Waals surface area (Å²) >= 11 is 7.25. The second-order valence-corrected chi connectivity index (χ2v) is 11.1. The molecule has 220 valence electrons. The molecule has 0 fully saturated rings. The lowest BCUT2D eigenvalue weighted by atomic mass is 9.93. The zero-order valence-electron chi connectivity index (χ0n) is 23.0. The van der Waals surface area contributed by atoms with Crippen LogP contribution in [-0.2, 0) is 9.53 Å². The molecular weight excluding hydrogens is 607 g/mol. The Bertz CT molecular complexity index is 2130. The number of hydrogen-bond acceptors (Lipinski definition) is 7. The van der Waals surface area contributed by atoms with Crippen molar-refractivity contribution in [3.05, 3.63) is 143 Å². The molecule has 0 amide bonds. The first-order valence-corrected chi connectivity index (χ1v) is 14.6. The fourth-order valence-corrected chi connectivity index (χ4v) is 6.20. The molecule has 8 nitrogen and oxygen atoms in total. The first-order valence-electron chi connectivity index (χ1n) is 13.4. The van der Waals surface area contributed by atoms with Crippen LogP contribution in [0.2, 0.25) is 5.02 Å². The number of thiazole rings is 1. The Labute approximate surface area is 258 Å². The maximum Gasteiger partial charge on any atom is 0.338 e. The molecule has 0 saturated carbocycles. The van der Waals surface area contributed by atoms with Gasteiger partial charge in [-0.1, -0.05) is 71.5 Å². The second-order valence-electron chi connectivity index (χ2n) is 9.68. The largest absolute Gasteiger partial charge is 0.478 e. The van der Waals surface area contributed by atoms with Crippen molar-refractivity contribution in [2.24, 2.45) is 4.99 Å². The minimum absolute atomic E-state index is 0.0314. The molecule has 1 aliphatic rings. The van der Waals surface area contributed by atoms with Crippen molar-refractivity contribution in [3.8, 4) is 11.3 Å². The van der Waals surface area contributed by atoms with Crippen LogP contribution in [0.15, 0.2) is 105 Å². The number of fused-ring (bicyclic) bond motifs is 1. The SMILES string of the molecule is CCOC(=O)C1=C(c2ccccc2)N=c2s/c(=C\c3ccc(-c4ccc(C(=O)O)c(Cl)c4)o3)c(=O)n2[C@H]1c1ccc(F)cc1. The summed E-state index contributed by atoms with van der Waals surface area (Å²) in [4.78, 5) is 43.9. The first-order chi connectivity index (χ1) is 21.2. The second kappa shape index (κ2) is 11.9. The summed E-state index contributed by atoms with van der Waals surface area (Å²) in [6.45, 7) is 1.80. The van der Waals surface area contributed by atoms with Gasteiger partial charge < -0.3 is 14.3 Å². The maximum absolute atomic E-state index is 14.0.